The standard InChI is InChI=1S/C16H16BrF2N/c1-10-3-5-12(6-4-10)11(2)20-9-13-15(18)8-7-14(17)16(13)19/h3-8,11,20H,9H2,1-2H3/t11-/m1/s1. The van der Waals surface area contributed by atoms with Gasteiger partial charge in [0.25, 0.3) is 0 Å². The maximum absolute atomic E-state index is 13.8. The first-order chi connectivity index (χ1) is 9.49. The van der Waals surface area contributed by atoms with E-state index in [0.29, 0.717) is 0 Å². The molecule has 0 aliphatic carbocycles. The first kappa shape index (κ1) is 15.1. The van der Waals surface area contributed by atoms with Gasteiger partial charge in [0.05, 0.1) is 4.47 Å². The monoisotopic (exact) mass is 339 g/mol. The Labute approximate surface area is 126 Å². The SMILES string of the molecule is Cc1ccc([C@@H](C)NCc2c(F)ccc(Br)c2F)cc1. The van der Waals surface area contributed by atoms with E-state index in [1.54, 1.807) is 0 Å². The molecule has 0 spiro atoms. The fraction of sp³-hybridized carbons (Fsp3) is 0.250. The molecule has 0 bridgehead atoms. The average Bonchev–Trinajstić information content (AvgIpc) is 2.43. The van der Waals surface area contributed by atoms with Crippen LogP contribution in [0.5, 0.6) is 0 Å². The number of benzene rings is 2. The van der Waals surface area contributed by atoms with Gasteiger partial charge in [0.15, 0.2) is 0 Å². The summed E-state index contributed by atoms with van der Waals surface area (Å²) in [6.45, 7) is 4.14. The molecule has 20 heavy (non-hydrogen) atoms. The van der Waals surface area contributed by atoms with E-state index in [2.05, 4.69) is 21.2 Å². The summed E-state index contributed by atoms with van der Waals surface area (Å²) in [5.74, 6) is -1.08. The molecule has 0 saturated heterocycles. The molecule has 0 aliphatic heterocycles. The average molecular weight is 340 g/mol. The highest BCUT2D eigenvalue weighted by molar-refractivity contribution is 9.10. The van der Waals surface area contributed by atoms with E-state index in [9.17, 15) is 8.78 Å². The van der Waals surface area contributed by atoms with E-state index < -0.39 is 11.6 Å². The van der Waals surface area contributed by atoms with Gasteiger partial charge >= 0.3 is 0 Å². The maximum Gasteiger partial charge on any atom is 0.144 e. The van der Waals surface area contributed by atoms with Crippen molar-refractivity contribution in [2.24, 2.45) is 0 Å². The number of hydrogen-bond acceptors (Lipinski definition) is 1. The second-order valence-electron chi connectivity index (χ2n) is 4.84. The molecule has 0 heterocycles. The Kier molecular flexibility index (Phi) is 4.89. The summed E-state index contributed by atoms with van der Waals surface area (Å²) in [5, 5.41) is 3.14. The van der Waals surface area contributed by atoms with Crippen LogP contribution in [0.3, 0.4) is 0 Å². The summed E-state index contributed by atoms with van der Waals surface area (Å²) in [6, 6.07) is 10.7. The summed E-state index contributed by atoms with van der Waals surface area (Å²) in [6.07, 6.45) is 0. The lowest BCUT2D eigenvalue weighted by Gasteiger charge is -2.15. The summed E-state index contributed by atoms with van der Waals surface area (Å²) in [4.78, 5) is 0. The van der Waals surface area contributed by atoms with Gasteiger partial charge in [-0.25, -0.2) is 8.78 Å². The molecule has 2 aromatic carbocycles. The van der Waals surface area contributed by atoms with Crippen LogP contribution in [0.25, 0.3) is 0 Å². The highest BCUT2D eigenvalue weighted by Gasteiger charge is 2.13. The molecule has 0 saturated carbocycles. The van der Waals surface area contributed by atoms with Crippen LogP contribution in [0.4, 0.5) is 8.78 Å². The van der Waals surface area contributed by atoms with Crippen LogP contribution >= 0.6 is 15.9 Å². The fourth-order valence-electron chi connectivity index (χ4n) is 1.96. The van der Waals surface area contributed by atoms with Crippen molar-refractivity contribution in [2.45, 2.75) is 26.4 Å². The smallest absolute Gasteiger partial charge is 0.144 e. The first-order valence-electron chi connectivity index (χ1n) is 6.41. The molecule has 1 N–H and O–H groups in total. The molecule has 0 fully saturated rings. The summed E-state index contributed by atoms with van der Waals surface area (Å²) in [5.41, 5.74) is 2.33. The lowest BCUT2D eigenvalue weighted by molar-refractivity contribution is 0.506. The van der Waals surface area contributed by atoms with Crippen molar-refractivity contribution >= 4 is 15.9 Å². The highest BCUT2D eigenvalue weighted by atomic mass is 79.9. The molecule has 1 atom stereocenters. The van der Waals surface area contributed by atoms with Crippen molar-refractivity contribution in [1.29, 1.82) is 0 Å². The van der Waals surface area contributed by atoms with Gasteiger partial charge in [-0.15, -0.1) is 0 Å². The molecule has 0 unspecified atom stereocenters. The number of nitrogens with one attached hydrogen (secondary N) is 1. The number of aryl methyl sites for hydroxylation is 1. The van der Waals surface area contributed by atoms with Crippen molar-refractivity contribution in [3.05, 3.63) is 69.2 Å². The summed E-state index contributed by atoms with van der Waals surface area (Å²) in [7, 11) is 0. The van der Waals surface area contributed by atoms with E-state index in [-0.39, 0.29) is 22.6 Å². The minimum absolute atomic E-state index is 0.0216. The lowest BCUT2D eigenvalue weighted by atomic mass is 10.1. The molecule has 1 nitrogen and oxygen atoms in total. The van der Waals surface area contributed by atoms with E-state index in [4.69, 9.17) is 0 Å². The predicted molar refractivity (Wildman–Crippen MR) is 80.5 cm³/mol. The van der Waals surface area contributed by atoms with Gasteiger partial charge in [0, 0.05) is 18.2 Å². The molecule has 106 valence electrons. The quantitative estimate of drug-likeness (QED) is 0.782. The largest absolute Gasteiger partial charge is 0.306 e. The normalized spacial score (nSPS) is 12.4. The number of hydrogen-bond donors (Lipinski definition) is 1. The Hall–Kier alpha value is -1.26. The van der Waals surface area contributed by atoms with Crippen LogP contribution < -0.4 is 5.32 Å². The highest BCUT2D eigenvalue weighted by Crippen LogP contribution is 2.22. The van der Waals surface area contributed by atoms with E-state index in [1.165, 1.54) is 17.7 Å². The van der Waals surface area contributed by atoms with Gasteiger partial charge < -0.3 is 5.32 Å². The Morgan fingerprint density at radius 1 is 1.10 bits per heavy atom. The fourth-order valence-corrected chi connectivity index (χ4v) is 2.33. The van der Waals surface area contributed by atoms with Crippen LogP contribution in [0.2, 0.25) is 0 Å². The molecule has 0 aromatic heterocycles. The molecule has 0 amide bonds. The zero-order valence-corrected chi connectivity index (χ0v) is 13.0. The lowest BCUT2D eigenvalue weighted by Crippen LogP contribution is -2.19. The first-order valence-corrected chi connectivity index (χ1v) is 7.20. The van der Waals surface area contributed by atoms with Crippen molar-refractivity contribution < 1.29 is 8.78 Å². The van der Waals surface area contributed by atoms with E-state index in [1.807, 2.05) is 38.1 Å². The summed E-state index contributed by atoms with van der Waals surface area (Å²) >= 11 is 3.07. The Morgan fingerprint density at radius 2 is 1.75 bits per heavy atom. The Morgan fingerprint density at radius 3 is 2.40 bits per heavy atom. The molecule has 2 rings (SSSR count). The van der Waals surface area contributed by atoms with E-state index in [0.717, 1.165) is 5.56 Å². The van der Waals surface area contributed by atoms with Crippen LogP contribution in [0.15, 0.2) is 40.9 Å². The number of halogens is 3. The van der Waals surface area contributed by atoms with Gasteiger partial charge in [-0.1, -0.05) is 29.8 Å². The zero-order valence-electron chi connectivity index (χ0n) is 11.4. The van der Waals surface area contributed by atoms with Gasteiger partial charge in [-0.05, 0) is 47.5 Å². The second-order valence-corrected chi connectivity index (χ2v) is 5.69. The van der Waals surface area contributed by atoms with Crippen LogP contribution in [-0.2, 0) is 6.54 Å². The van der Waals surface area contributed by atoms with Gasteiger partial charge in [0.2, 0.25) is 0 Å². The minimum Gasteiger partial charge on any atom is -0.306 e. The van der Waals surface area contributed by atoms with Gasteiger partial charge in [0.1, 0.15) is 11.6 Å². The molecular weight excluding hydrogens is 324 g/mol. The molecule has 4 heteroatoms. The van der Waals surface area contributed by atoms with Gasteiger partial charge in [-0.2, -0.15) is 0 Å². The molecule has 0 radical (unpaired) electrons. The van der Waals surface area contributed by atoms with Crippen molar-refractivity contribution in [2.75, 3.05) is 0 Å². The Balaban J connectivity index is 2.09. The molecular formula is C16H16BrF2N. The third kappa shape index (κ3) is 3.44. The third-order valence-electron chi connectivity index (χ3n) is 3.30. The maximum atomic E-state index is 13.8. The van der Waals surface area contributed by atoms with Gasteiger partial charge in [-0.3, -0.25) is 0 Å². The zero-order chi connectivity index (χ0) is 14.7. The van der Waals surface area contributed by atoms with Crippen molar-refractivity contribution in [3.8, 4) is 0 Å². The van der Waals surface area contributed by atoms with Crippen molar-refractivity contribution in [1.82, 2.24) is 5.32 Å². The summed E-state index contributed by atoms with van der Waals surface area (Å²) < 4.78 is 27.8. The van der Waals surface area contributed by atoms with Crippen LogP contribution in [0, 0.1) is 18.6 Å². The second kappa shape index (κ2) is 6.46. The Bertz CT molecular complexity index is 596. The predicted octanol–water partition coefficient (Wildman–Crippen LogP) is 4.89. The third-order valence-corrected chi connectivity index (χ3v) is 3.91. The number of rotatable bonds is 4. The molecule has 0 aliphatic rings. The topological polar surface area (TPSA) is 12.0 Å². The molecule has 2 aromatic rings. The minimum atomic E-state index is -0.548. The van der Waals surface area contributed by atoms with Crippen LogP contribution in [0.1, 0.15) is 29.7 Å². The van der Waals surface area contributed by atoms with E-state index >= 15 is 0 Å². The van der Waals surface area contributed by atoms with Crippen molar-refractivity contribution in [3.63, 3.8) is 0 Å². The van der Waals surface area contributed by atoms with Crippen LogP contribution in [-0.4, -0.2) is 0 Å².